The first kappa shape index (κ1) is 18.2. The number of hydrogen-bond donors (Lipinski definition) is 3. The van der Waals surface area contributed by atoms with Gasteiger partial charge in [-0.1, -0.05) is 0 Å². The lowest BCUT2D eigenvalue weighted by atomic mass is 10.1. The SMILES string of the molecule is CC(C)(C)NCCNC(CNC(=O)OC(C)(C)C)C1CC1. The average Bonchev–Trinajstić information content (AvgIpc) is 3.08. The van der Waals surface area contributed by atoms with Gasteiger partial charge in [0, 0.05) is 31.2 Å². The third-order valence-corrected chi connectivity index (χ3v) is 3.24. The summed E-state index contributed by atoms with van der Waals surface area (Å²) in [5, 5.41) is 9.87. The van der Waals surface area contributed by atoms with Crippen LogP contribution in [0.1, 0.15) is 54.4 Å². The van der Waals surface area contributed by atoms with E-state index in [0.717, 1.165) is 13.1 Å². The molecule has 1 rings (SSSR count). The maximum absolute atomic E-state index is 11.7. The first-order valence-corrected chi connectivity index (χ1v) is 8.02. The molecule has 0 spiro atoms. The molecule has 3 N–H and O–H groups in total. The van der Waals surface area contributed by atoms with E-state index in [9.17, 15) is 4.79 Å². The van der Waals surface area contributed by atoms with Crippen molar-refractivity contribution in [3.8, 4) is 0 Å². The maximum Gasteiger partial charge on any atom is 0.407 e. The standard InChI is InChI=1S/C16H33N3O2/c1-15(2,3)19-10-9-17-13(12-7-8-12)11-18-14(20)21-16(4,5)6/h12-13,17,19H,7-11H2,1-6H3,(H,18,20). The van der Waals surface area contributed by atoms with Crippen molar-refractivity contribution < 1.29 is 9.53 Å². The van der Waals surface area contributed by atoms with Crippen LogP contribution in [0.4, 0.5) is 4.79 Å². The third-order valence-electron chi connectivity index (χ3n) is 3.24. The molecule has 5 heteroatoms. The van der Waals surface area contributed by atoms with Gasteiger partial charge in [-0.15, -0.1) is 0 Å². The van der Waals surface area contributed by atoms with Crippen LogP contribution < -0.4 is 16.0 Å². The predicted molar refractivity (Wildman–Crippen MR) is 86.5 cm³/mol. The van der Waals surface area contributed by atoms with Crippen LogP contribution in [0.25, 0.3) is 0 Å². The molecule has 1 amide bonds. The van der Waals surface area contributed by atoms with Crippen LogP contribution in [0.3, 0.4) is 0 Å². The lowest BCUT2D eigenvalue weighted by molar-refractivity contribution is 0.0521. The summed E-state index contributed by atoms with van der Waals surface area (Å²) in [6.45, 7) is 14.6. The van der Waals surface area contributed by atoms with E-state index in [1.165, 1.54) is 12.8 Å². The molecule has 1 aliphatic rings. The molecule has 0 aromatic carbocycles. The van der Waals surface area contributed by atoms with Crippen LogP contribution in [0.15, 0.2) is 0 Å². The normalized spacial score (nSPS) is 17.4. The Balaban J connectivity index is 2.23. The maximum atomic E-state index is 11.7. The van der Waals surface area contributed by atoms with E-state index in [0.29, 0.717) is 18.5 Å². The Morgan fingerprint density at radius 2 is 1.76 bits per heavy atom. The van der Waals surface area contributed by atoms with Gasteiger partial charge in [-0.05, 0) is 60.3 Å². The molecule has 1 aliphatic carbocycles. The molecule has 1 saturated carbocycles. The van der Waals surface area contributed by atoms with Crippen molar-refractivity contribution in [2.24, 2.45) is 5.92 Å². The Labute approximate surface area is 129 Å². The molecule has 0 saturated heterocycles. The Kier molecular flexibility index (Phi) is 6.47. The highest BCUT2D eigenvalue weighted by atomic mass is 16.6. The molecule has 0 heterocycles. The van der Waals surface area contributed by atoms with Gasteiger partial charge in [0.05, 0.1) is 0 Å². The van der Waals surface area contributed by atoms with Crippen LogP contribution in [0, 0.1) is 5.92 Å². The summed E-state index contributed by atoms with van der Waals surface area (Å²) >= 11 is 0. The van der Waals surface area contributed by atoms with Gasteiger partial charge in [-0.2, -0.15) is 0 Å². The molecule has 1 unspecified atom stereocenters. The molecule has 0 aliphatic heterocycles. The number of rotatable bonds is 7. The van der Waals surface area contributed by atoms with Crippen LogP contribution in [-0.4, -0.2) is 42.9 Å². The van der Waals surface area contributed by atoms with Crippen LogP contribution in [0.5, 0.6) is 0 Å². The van der Waals surface area contributed by atoms with E-state index < -0.39 is 5.60 Å². The fourth-order valence-corrected chi connectivity index (χ4v) is 2.11. The number of ether oxygens (including phenoxy) is 1. The lowest BCUT2D eigenvalue weighted by Crippen LogP contribution is -2.47. The molecule has 1 atom stereocenters. The average molecular weight is 299 g/mol. The Morgan fingerprint density at radius 3 is 2.24 bits per heavy atom. The van der Waals surface area contributed by atoms with Gasteiger partial charge in [-0.25, -0.2) is 4.79 Å². The Hall–Kier alpha value is -0.810. The second kappa shape index (κ2) is 7.45. The zero-order chi connectivity index (χ0) is 16.1. The first-order chi connectivity index (χ1) is 9.57. The number of alkyl carbamates (subject to hydrolysis) is 1. The molecule has 21 heavy (non-hydrogen) atoms. The van der Waals surface area contributed by atoms with E-state index in [2.05, 4.69) is 36.7 Å². The zero-order valence-electron chi connectivity index (χ0n) is 14.5. The second-order valence-electron chi connectivity index (χ2n) is 7.96. The van der Waals surface area contributed by atoms with Crippen molar-refractivity contribution in [3.63, 3.8) is 0 Å². The van der Waals surface area contributed by atoms with Gasteiger partial charge in [0.2, 0.25) is 0 Å². The number of carbonyl (C=O) groups is 1. The van der Waals surface area contributed by atoms with Crippen molar-refractivity contribution in [1.29, 1.82) is 0 Å². The topological polar surface area (TPSA) is 62.4 Å². The van der Waals surface area contributed by atoms with E-state index >= 15 is 0 Å². The number of amides is 1. The summed E-state index contributed by atoms with van der Waals surface area (Å²) in [7, 11) is 0. The number of hydrogen-bond acceptors (Lipinski definition) is 4. The highest BCUT2D eigenvalue weighted by Gasteiger charge is 2.31. The number of carbonyl (C=O) groups excluding carboxylic acids is 1. The Bertz CT molecular complexity index is 327. The van der Waals surface area contributed by atoms with Crippen LogP contribution >= 0.6 is 0 Å². The largest absolute Gasteiger partial charge is 0.444 e. The van der Waals surface area contributed by atoms with Crippen molar-refractivity contribution >= 4 is 6.09 Å². The van der Waals surface area contributed by atoms with Gasteiger partial charge < -0.3 is 20.7 Å². The minimum Gasteiger partial charge on any atom is -0.444 e. The molecule has 0 bridgehead atoms. The van der Waals surface area contributed by atoms with Crippen molar-refractivity contribution in [2.45, 2.75) is 71.6 Å². The molecular weight excluding hydrogens is 266 g/mol. The highest BCUT2D eigenvalue weighted by Crippen LogP contribution is 2.32. The third kappa shape index (κ3) is 9.69. The fraction of sp³-hybridized carbons (Fsp3) is 0.938. The van der Waals surface area contributed by atoms with Crippen molar-refractivity contribution in [1.82, 2.24) is 16.0 Å². The zero-order valence-corrected chi connectivity index (χ0v) is 14.5. The molecule has 5 nitrogen and oxygen atoms in total. The van der Waals surface area contributed by atoms with Crippen LogP contribution in [0.2, 0.25) is 0 Å². The summed E-state index contributed by atoms with van der Waals surface area (Å²) < 4.78 is 5.27. The van der Waals surface area contributed by atoms with E-state index in [4.69, 9.17) is 4.74 Å². The molecular formula is C16H33N3O2. The lowest BCUT2D eigenvalue weighted by Gasteiger charge is -2.24. The molecule has 0 aromatic heterocycles. The van der Waals surface area contributed by atoms with Crippen molar-refractivity contribution in [2.75, 3.05) is 19.6 Å². The summed E-state index contributed by atoms with van der Waals surface area (Å²) in [6.07, 6.45) is 2.17. The van der Waals surface area contributed by atoms with E-state index in [-0.39, 0.29) is 11.6 Å². The van der Waals surface area contributed by atoms with Gasteiger partial charge in [0.25, 0.3) is 0 Å². The van der Waals surface area contributed by atoms with Crippen LogP contribution in [-0.2, 0) is 4.74 Å². The van der Waals surface area contributed by atoms with Crippen molar-refractivity contribution in [3.05, 3.63) is 0 Å². The second-order valence-corrected chi connectivity index (χ2v) is 7.96. The first-order valence-electron chi connectivity index (χ1n) is 8.02. The Morgan fingerprint density at radius 1 is 1.14 bits per heavy atom. The predicted octanol–water partition coefficient (Wildman–Crippen LogP) is 2.27. The highest BCUT2D eigenvalue weighted by molar-refractivity contribution is 5.67. The quantitative estimate of drug-likeness (QED) is 0.631. The minimum atomic E-state index is -0.441. The smallest absolute Gasteiger partial charge is 0.407 e. The summed E-state index contributed by atoms with van der Waals surface area (Å²) in [4.78, 5) is 11.7. The summed E-state index contributed by atoms with van der Waals surface area (Å²) in [5.74, 6) is 0.689. The molecule has 0 aromatic rings. The van der Waals surface area contributed by atoms with Gasteiger partial charge in [0.15, 0.2) is 0 Å². The summed E-state index contributed by atoms with van der Waals surface area (Å²) in [5.41, 5.74) is -0.297. The van der Waals surface area contributed by atoms with E-state index in [1.54, 1.807) is 0 Å². The number of nitrogens with one attached hydrogen (secondary N) is 3. The van der Waals surface area contributed by atoms with Gasteiger partial charge in [-0.3, -0.25) is 0 Å². The van der Waals surface area contributed by atoms with E-state index in [1.807, 2.05) is 20.8 Å². The monoisotopic (exact) mass is 299 g/mol. The molecule has 0 radical (unpaired) electrons. The molecule has 124 valence electrons. The van der Waals surface area contributed by atoms with Gasteiger partial charge in [0.1, 0.15) is 5.60 Å². The minimum absolute atomic E-state index is 0.144. The fourth-order valence-electron chi connectivity index (χ4n) is 2.11. The van der Waals surface area contributed by atoms with Gasteiger partial charge >= 0.3 is 6.09 Å². The summed E-state index contributed by atoms with van der Waals surface area (Å²) in [6, 6.07) is 0.347. The molecule has 1 fully saturated rings.